The van der Waals surface area contributed by atoms with E-state index in [1.807, 2.05) is 6.07 Å². The minimum absolute atomic E-state index is 0.0464. The molecule has 0 aliphatic carbocycles. The highest BCUT2D eigenvalue weighted by Crippen LogP contribution is 2.27. The van der Waals surface area contributed by atoms with E-state index >= 15 is 0 Å². The van der Waals surface area contributed by atoms with Crippen molar-refractivity contribution >= 4 is 46.8 Å². The van der Waals surface area contributed by atoms with E-state index in [1.165, 1.54) is 11.1 Å². The molecule has 5 nitrogen and oxygen atoms in total. The Bertz CT molecular complexity index is 1130. The molecule has 0 unspecified atom stereocenters. The van der Waals surface area contributed by atoms with Gasteiger partial charge in [0.1, 0.15) is 17.9 Å². The van der Waals surface area contributed by atoms with Crippen molar-refractivity contribution in [1.29, 1.82) is 0 Å². The highest BCUT2D eigenvalue weighted by molar-refractivity contribution is 6.36. The third-order valence-corrected chi connectivity index (χ3v) is 5.23. The first-order chi connectivity index (χ1) is 14.5. The Morgan fingerprint density at radius 2 is 1.60 bits per heavy atom. The number of benzene rings is 3. The van der Waals surface area contributed by atoms with E-state index in [2.05, 4.69) is 5.43 Å². The number of nitrogens with one attached hydrogen (secondary N) is 1. The average molecular weight is 439 g/mol. The molecule has 0 bridgehead atoms. The van der Waals surface area contributed by atoms with Gasteiger partial charge in [-0.15, -0.1) is 0 Å². The SMILES string of the molecule is O=C1NN(c2ccccc2)C(=O)/C1=C\c1cccc(OCc2c(Cl)cccc2Cl)c1. The molecular formula is C23H16Cl2N2O3. The van der Waals surface area contributed by atoms with Gasteiger partial charge in [-0.3, -0.25) is 15.0 Å². The van der Waals surface area contributed by atoms with Crippen LogP contribution in [0.2, 0.25) is 10.0 Å². The maximum atomic E-state index is 12.7. The van der Waals surface area contributed by atoms with Gasteiger partial charge < -0.3 is 4.74 Å². The van der Waals surface area contributed by atoms with Crippen molar-refractivity contribution in [3.8, 4) is 5.75 Å². The number of anilines is 1. The minimum atomic E-state index is -0.460. The second kappa shape index (κ2) is 8.61. The van der Waals surface area contributed by atoms with Crippen molar-refractivity contribution in [2.24, 2.45) is 0 Å². The summed E-state index contributed by atoms with van der Waals surface area (Å²) in [5.41, 5.74) is 4.56. The summed E-state index contributed by atoms with van der Waals surface area (Å²) in [6.45, 7) is 0.194. The zero-order valence-electron chi connectivity index (χ0n) is 15.6. The molecule has 1 N–H and O–H groups in total. The van der Waals surface area contributed by atoms with Gasteiger partial charge in [0.25, 0.3) is 11.8 Å². The van der Waals surface area contributed by atoms with E-state index in [1.54, 1.807) is 66.7 Å². The van der Waals surface area contributed by atoms with Crippen LogP contribution in [0.1, 0.15) is 11.1 Å². The Hall–Kier alpha value is -3.28. The summed E-state index contributed by atoms with van der Waals surface area (Å²) < 4.78 is 5.81. The lowest BCUT2D eigenvalue weighted by Gasteiger charge is -2.13. The molecule has 30 heavy (non-hydrogen) atoms. The van der Waals surface area contributed by atoms with Gasteiger partial charge >= 0.3 is 0 Å². The fourth-order valence-corrected chi connectivity index (χ4v) is 3.51. The first-order valence-corrected chi connectivity index (χ1v) is 9.86. The molecule has 3 aromatic carbocycles. The van der Waals surface area contributed by atoms with Gasteiger partial charge in [-0.1, -0.05) is 59.6 Å². The van der Waals surface area contributed by atoms with Gasteiger partial charge in [0.05, 0.1) is 5.69 Å². The van der Waals surface area contributed by atoms with Crippen LogP contribution in [0, 0.1) is 0 Å². The number of amides is 2. The third kappa shape index (κ3) is 4.17. The van der Waals surface area contributed by atoms with Crippen LogP contribution in [0.4, 0.5) is 5.69 Å². The molecule has 0 aromatic heterocycles. The number of carbonyl (C=O) groups is 2. The summed E-state index contributed by atoms with van der Waals surface area (Å²) >= 11 is 12.4. The standard InChI is InChI=1S/C23H16Cl2N2O3/c24-20-10-5-11-21(25)19(20)14-30-17-9-4-6-15(12-17)13-18-22(28)26-27(23(18)29)16-7-2-1-3-8-16/h1-13H,14H2,(H,26,28)/b18-13-. The van der Waals surface area contributed by atoms with Gasteiger partial charge in [-0.05, 0) is 48.0 Å². The lowest BCUT2D eigenvalue weighted by atomic mass is 10.1. The second-order valence-corrected chi connectivity index (χ2v) is 7.35. The Balaban J connectivity index is 1.53. The number of nitrogens with zero attached hydrogens (tertiary/aromatic N) is 1. The number of hydrogen-bond acceptors (Lipinski definition) is 3. The Labute approximate surface area is 183 Å². The van der Waals surface area contributed by atoms with Crippen molar-refractivity contribution in [3.63, 3.8) is 0 Å². The van der Waals surface area contributed by atoms with Crippen LogP contribution in [-0.2, 0) is 16.2 Å². The number of halogens is 2. The minimum Gasteiger partial charge on any atom is -0.489 e. The molecule has 1 fully saturated rings. The number of rotatable bonds is 5. The fourth-order valence-electron chi connectivity index (χ4n) is 3.00. The highest BCUT2D eigenvalue weighted by Gasteiger charge is 2.34. The van der Waals surface area contributed by atoms with Crippen molar-refractivity contribution in [2.45, 2.75) is 6.61 Å². The summed E-state index contributed by atoms with van der Waals surface area (Å²) in [4.78, 5) is 25.0. The molecule has 1 heterocycles. The third-order valence-electron chi connectivity index (χ3n) is 4.52. The Morgan fingerprint density at radius 1 is 0.900 bits per heavy atom. The molecule has 1 aliphatic rings. The first kappa shape index (κ1) is 20.0. The molecular weight excluding hydrogens is 423 g/mol. The van der Waals surface area contributed by atoms with Crippen molar-refractivity contribution in [3.05, 3.63) is 99.5 Å². The van der Waals surface area contributed by atoms with Crippen molar-refractivity contribution < 1.29 is 14.3 Å². The maximum Gasteiger partial charge on any atom is 0.282 e. The first-order valence-electron chi connectivity index (χ1n) is 9.11. The smallest absolute Gasteiger partial charge is 0.282 e. The van der Waals surface area contributed by atoms with E-state index in [0.29, 0.717) is 32.6 Å². The molecule has 0 atom stereocenters. The number of ether oxygens (including phenoxy) is 1. The summed E-state index contributed by atoms with van der Waals surface area (Å²) in [5, 5.41) is 2.28. The molecule has 0 saturated carbocycles. The molecule has 150 valence electrons. The van der Waals surface area contributed by atoms with Crippen LogP contribution in [0.3, 0.4) is 0 Å². The van der Waals surface area contributed by atoms with Crippen molar-refractivity contribution in [2.75, 3.05) is 5.01 Å². The lowest BCUT2D eigenvalue weighted by molar-refractivity contribution is -0.117. The predicted molar refractivity (Wildman–Crippen MR) is 117 cm³/mol. The monoisotopic (exact) mass is 438 g/mol. The normalized spacial score (nSPS) is 14.9. The molecule has 3 aromatic rings. The summed E-state index contributed by atoms with van der Waals surface area (Å²) in [7, 11) is 0. The number of para-hydroxylation sites is 1. The highest BCUT2D eigenvalue weighted by atomic mass is 35.5. The fraction of sp³-hybridized carbons (Fsp3) is 0.0435. The molecule has 1 aliphatic heterocycles. The van der Waals surface area contributed by atoms with Gasteiger partial charge in [-0.2, -0.15) is 0 Å². The molecule has 2 amide bonds. The van der Waals surface area contributed by atoms with E-state index < -0.39 is 11.8 Å². The quantitative estimate of drug-likeness (QED) is 0.448. The number of hydrazine groups is 1. The van der Waals surface area contributed by atoms with E-state index in [0.717, 1.165) is 0 Å². The lowest BCUT2D eigenvalue weighted by Crippen LogP contribution is -2.35. The number of hydrogen-bond donors (Lipinski definition) is 1. The molecule has 7 heteroatoms. The number of carbonyl (C=O) groups excluding carboxylic acids is 2. The van der Waals surface area contributed by atoms with Crippen LogP contribution >= 0.6 is 23.2 Å². The Morgan fingerprint density at radius 3 is 2.33 bits per heavy atom. The molecule has 4 rings (SSSR count). The van der Waals surface area contributed by atoms with Crippen LogP contribution in [-0.4, -0.2) is 11.8 Å². The van der Waals surface area contributed by atoms with Crippen LogP contribution in [0.25, 0.3) is 6.08 Å². The molecule has 0 radical (unpaired) electrons. The summed E-state index contributed by atoms with van der Waals surface area (Å²) in [5.74, 6) is -0.315. The van der Waals surface area contributed by atoms with Crippen LogP contribution in [0.15, 0.2) is 78.4 Å². The van der Waals surface area contributed by atoms with Crippen molar-refractivity contribution in [1.82, 2.24) is 5.43 Å². The average Bonchev–Trinajstić information content (AvgIpc) is 3.03. The topological polar surface area (TPSA) is 58.6 Å². The summed E-state index contributed by atoms with van der Waals surface area (Å²) in [6, 6.07) is 21.3. The zero-order valence-corrected chi connectivity index (χ0v) is 17.2. The van der Waals surface area contributed by atoms with Gasteiger partial charge in [0.15, 0.2) is 0 Å². The molecule has 1 saturated heterocycles. The van der Waals surface area contributed by atoms with Crippen LogP contribution in [0.5, 0.6) is 5.75 Å². The largest absolute Gasteiger partial charge is 0.489 e. The summed E-state index contributed by atoms with van der Waals surface area (Å²) in [6.07, 6.45) is 1.54. The van der Waals surface area contributed by atoms with Gasteiger partial charge in [-0.25, -0.2) is 5.01 Å². The van der Waals surface area contributed by atoms with Gasteiger partial charge in [0.2, 0.25) is 0 Å². The zero-order chi connectivity index (χ0) is 21.1. The predicted octanol–water partition coefficient (Wildman–Crippen LogP) is 5.03. The molecule has 0 spiro atoms. The second-order valence-electron chi connectivity index (χ2n) is 6.54. The van der Waals surface area contributed by atoms with Crippen LogP contribution < -0.4 is 15.2 Å². The van der Waals surface area contributed by atoms with E-state index in [9.17, 15) is 9.59 Å². The van der Waals surface area contributed by atoms with E-state index in [-0.39, 0.29) is 12.2 Å². The Kier molecular flexibility index (Phi) is 5.74. The maximum absolute atomic E-state index is 12.7. The van der Waals surface area contributed by atoms with E-state index in [4.69, 9.17) is 27.9 Å². The van der Waals surface area contributed by atoms with Gasteiger partial charge in [0, 0.05) is 15.6 Å².